The van der Waals surface area contributed by atoms with Crippen molar-refractivity contribution < 1.29 is 33.4 Å². The van der Waals surface area contributed by atoms with Gasteiger partial charge in [0.1, 0.15) is 33.5 Å². The molecule has 2 aromatic rings. The molecule has 3 aliphatic rings. The second-order valence-corrected chi connectivity index (χ2v) is 11.5. The number of nitrogens with one attached hydrogen (secondary N) is 1. The number of carbonyl (C=O) groups excluding carboxylic acids is 4. The Morgan fingerprint density at radius 3 is 2.75 bits per heavy atom. The van der Waals surface area contributed by atoms with E-state index < -0.39 is 34.5 Å². The lowest BCUT2D eigenvalue weighted by molar-refractivity contribution is -0.235. The van der Waals surface area contributed by atoms with Crippen LogP contribution in [-0.4, -0.2) is 61.3 Å². The Hall–Kier alpha value is -3.80. The standard InChI is InChI=1S/C28H30N4O7S/c1-16(24(35)40-22-20-21(30-14-29-20)31-15-32-22)6-5-10-26(3)19-9-12-27(25(36)39-26)11-7-18(23(34)37-4)8-13-28(19,27)38-17(2)33/h5-7,10,14-15,19H,8-9,11-13H2,1-4H3,(H,29,30,31,32)/b10-5+,16-6+/t19-,26+,27+,28-/m0/s1. The lowest BCUT2D eigenvalue weighted by atomic mass is 9.62. The van der Waals surface area contributed by atoms with E-state index in [9.17, 15) is 19.2 Å². The van der Waals surface area contributed by atoms with Crippen LogP contribution in [0.5, 0.6) is 0 Å². The maximum Gasteiger partial charge on any atom is 0.333 e. The van der Waals surface area contributed by atoms with Crippen molar-refractivity contribution in [2.45, 2.75) is 69.1 Å². The van der Waals surface area contributed by atoms with E-state index in [1.54, 1.807) is 38.2 Å². The molecule has 40 heavy (non-hydrogen) atoms. The van der Waals surface area contributed by atoms with Crippen LogP contribution < -0.4 is 0 Å². The molecule has 12 heteroatoms. The summed E-state index contributed by atoms with van der Waals surface area (Å²) >= 11 is 0.960. The summed E-state index contributed by atoms with van der Waals surface area (Å²) in [5.41, 5.74) is -1.37. The van der Waals surface area contributed by atoms with Gasteiger partial charge in [0, 0.05) is 24.0 Å². The van der Waals surface area contributed by atoms with E-state index in [4.69, 9.17) is 14.2 Å². The van der Waals surface area contributed by atoms with E-state index in [1.165, 1.54) is 26.7 Å². The molecule has 0 radical (unpaired) electrons. The smallest absolute Gasteiger partial charge is 0.333 e. The molecule has 210 valence electrons. The molecule has 11 nitrogen and oxygen atoms in total. The van der Waals surface area contributed by atoms with E-state index in [0.29, 0.717) is 53.0 Å². The number of aromatic amines is 1. The monoisotopic (exact) mass is 566 g/mol. The first-order valence-electron chi connectivity index (χ1n) is 13.0. The summed E-state index contributed by atoms with van der Waals surface area (Å²) in [4.78, 5) is 66.6. The fourth-order valence-corrected chi connectivity index (χ4v) is 7.19. The Morgan fingerprint density at radius 1 is 1.20 bits per heavy atom. The molecule has 2 aliphatic carbocycles. The zero-order chi connectivity index (χ0) is 28.7. The highest BCUT2D eigenvalue weighted by molar-refractivity contribution is 8.14. The van der Waals surface area contributed by atoms with Gasteiger partial charge in [-0.2, -0.15) is 0 Å². The van der Waals surface area contributed by atoms with Gasteiger partial charge in [0.2, 0.25) is 5.12 Å². The molecule has 5 rings (SSSR count). The number of H-pyrrole nitrogens is 1. The number of hydrogen-bond donors (Lipinski definition) is 1. The van der Waals surface area contributed by atoms with Gasteiger partial charge in [-0.15, -0.1) is 0 Å². The number of carbonyl (C=O) groups is 4. The first-order valence-corrected chi connectivity index (χ1v) is 13.8. The van der Waals surface area contributed by atoms with E-state index in [0.717, 1.165) is 11.8 Å². The largest absolute Gasteiger partial charge is 0.466 e. The number of esters is 3. The molecular formula is C28H30N4O7S. The van der Waals surface area contributed by atoms with Crippen LogP contribution in [0, 0.1) is 11.3 Å². The van der Waals surface area contributed by atoms with Crippen molar-refractivity contribution in [3.63, 3.8) is 0 Å². The average Bonchev–Trinajstić information content (AvgIpc) is 3.45. The summed E-state index contributed by atoms with van der Waals surface area (Å²) in [5, 5.41) is 0.253. The molecule has 1 saturated carbocycles. The van der Waals surface area contributed by atoms with Crippen molar-refractivity contribution in [1.82, 2.24) is 19.9 Å². The quantitative estimate of drug-likeness (QED) is 0.136. The number of thioether (sulfide) groups is 1. The molecule has 1 saturated heterocycles. The Bertz CT molecular complexity index is 1500. The summed E-state index contributed by atoms with van der Waals surface area (Å²) in [7, 11) is 1.31. The maximum absolute atomic E-state index is 13.7. The summed E-state index contributed by atoms with van der Waals surface area (Å²) in [5.74, 6) is -1.76. The van der Waals surface area contributed by atoms with Gasteiger partial charge in [-0.1, -0.05) is 18.2 Å². The minimum absolute atomic E-state index is 0.216. The zero-order valence-electron chi connectivity index (χ0n) is 22.7. The van der Waals surface area contributed by atoms with Crippen LogP contribution in [-0.2, 0) is 33.4 Å². The van der Waals surface area contributed by atoms with Crippen LogP contribution in [0.3, 0.4) is 0 Å². The van der Waals surface area contributed by atoms with Crippen LogP contribution in [0.4, 0.5) is 0 Å². The summed E-state index contributed by atoms with van der Waals surface area (Å²) in [6.07, 6.45) is 11.5. The SMILES string of the molecule is COC(=O)C1=CC[C@@]23CC[C@@H]([C@@](C)(/C=C/C=C(\C)C(=O)Sc4ncnc5nc[nH]c45)OC2=O)[C@@]3(OC(C)=O)CC1. The summed E-state index contributed by atoms with van der Waals surface area (Å²) < 4.78 is 17.1. The van der Waals surface area contributed by atoms with E-state index in [1.807, 2.05) is 0 Å². The fraction of sp³-hybridized carbons (Fsp3) is 0.464. The highest BCUT2D eigenvalue weighted by atomic mass is 32.2. The molecular weight excluding hydrogens is 536 g/mol. The second-order valence-electron chi connectivity index (χ2n) is 10.5. The van der Waals surface area contributed by atoms with Crippen molar-refractivity contribution in [2.75, 3.05) is 7.11 Å². The molecule has 0 aromatic carbocycles. The minimum atomic E-state index is -1.15. The first-order chi connectivity index (χ1) is 19.0. The third-order valence-electron chi connectivity index (χ3n) is 8.34. The van der Waals surface area contributed by atoms with Crippen LogP contribution in [0.1, 0.15) is 52.9 Å². The molecule has 0 spiro atoms. The Balaban J connectivity index is 1.41. The molecule has 2 aromatic heterocycles. The van der Waals surface area contributed by atoms with Crippen molar-refractivity contribution >= 4 is 45.9 Å². The number of nitrogens with zero attached hydrogens (tertiary/aromatic N) is 3. The number of cyclic esters (lactones) is 1. The molecule has 2 bridgehead atoms. The lowest BCUT2D eigenvalue weighted by Crippen LogP contribution is -2.65. The van der Waals surface area contributed by atoms with E-state index in [2.05, 4.69) is 19.9 Å². The number of ether oxygens (including phenoxy) is 3. The number of aromatic nitrogens is 4. The van der Waals surface area contributed by atoms with Crippen LogP contribution in [0.2, 0.25) is 0 Å². The molecule has 2 fully saturated rings. The van der Waals surface area contributed by atoms with Crippen molar-refractivity contribution in [1.29, 1.82) is 0 Å². The van der Waals surface area contributed by atoms with Crippen molar-refractivity contribution in [3.05, 3.63) is 48.1 Å². The van der Waals surface area contributed by atoms with Gasteiger partial charge in [0.15, 0.2) is 5.65 Å². The minimum Gasteiger partial charge on any atom is -0.466 e. The van der Waals surface area contributed by atoms with Crippen LogP contribution in [0.15, 0.2) is 53.1 Å². The van der Waals surface area contributed by atoms with Gasteiger partial charge < -0.3 is 19.2 Å². The number of imidazole rings is 1. The predicted octanol–water partition coefficient (Wildman–Crippen LogP) is 3.77. The summed E-state index contributed by atoms with van der Waals surface area (Å²) in [6.45, 7) is 4.81. The van der Waals surface area contributed by atoms with E-state index >= 15 is 0 Å². The van der Waals surface area contributed by atoms with Gasteiger partial charge in [-0.25, -0.2) is 19.7 Å². The molecule has 1 N–H and O–H groups in total. The second kappa shape index (κ2) is 10.3. The number of fused-ring (bicyclic) bond motifs is 1. The average molecular weight is 567 g/mol. The number of allylic oxidation sites excluding steroid dienone is 3. The van der Waals surface area contributed by atoms with Crippen LogP contribution in [0.25, 0.3) is 11.2 Å². The van der Waals surface area contributed by atoms with Crippen LogP contribution >= 0.6 is 11.8 Å². The molecule has 0 amide bonds. The number of hydrogen-bond acceptors (Lipinski definition) is 11. The predicted molar refractivity (Wildman–Crippen MR) is 144 cm³/mol. The molecule has 0 unspecified atom stereocenters. The number of rotatable bonds is 6. The topological polar surface area (TPSA) is 150 Å². The van der Waals surface area contributed by atoms with Gasteiger partial charge in [0.05, 0.1) is 13.4 Å². The molecule has 1 aliphatic heterocycles. The lowest BCUT2D eigenvalue weighted by Gasteiger charge is -2.54. The normalized spacial score (nSPS) is 29.9. The molecule has 3 heterocycles. The number of methoxy groups -OCH3 is 1. The van der Waals surface area contributed by atoms with Crippen molar-refractivity contribution in [2.24, 2.45) is 11.3 Å². The van der Waals surface area contributed by atoms with Gasteiger partial charge in [-0.3, -0.25) is 14.4 Å². The Kier molecular flexibility index (Phi) is 7.15. The van der Waals surface area contributed by atoms with Crippen molar-refractivity contribution in [3.8, 4) is 0 Å². The summed E-state index contributed by atoms with van der Waals surface area (Å²) in [6, 6.07) is 0. The molecule has 4 atom stereocenters. The van der Waals surface area contributed by atoms with E-state index in [-0.39, 0.29) is 17.5 Å². The zero-order valence-corrected chi connectivity index (χ0v) is 23.5. The third kappa shape index (κ3) is 4.43. The highest BCUT2D eigenvalue weighted by Gasteiger charge is 2.74. The third-order valence-corrected chi connectivity index (χ3v) is 9.35. The maximum atomic E-state index is 13.7. The van der Waals surface area contributed by atoms with Gasteiger partial charge >= 0.3 is 17.9 Å². The fourth-order valence-electron chi connectivity index (χ4n) is 6.44. The van der Waals surface area contributed by atoms with Gasteiger partial charge in [-0.05, 0) is 63.8 Å². The van der Waals surface area contributed by atoms with Gasteiger partial charge in [0.25, 0.3) is 0 Å². The Morgan fingerprint density at radius 2 is 2.00 bits per heavy atom. The Labute approximate surface area is 234 Å². The first kappa shape index (κ1) is 27.8. The highest BCUT2D eigenvalue weighted by Crippen LogP contribution is 2.65.